The maximum absolute atomic E-state index is 13.0. The van der Waals surface area contributed by atoms with E-state index in [2.05, 4.69) is 26.2 Å². The Labute approximate surface area is 204 Å². The molecule has 0 saturated carbocycles. The predicted octanol–water partition coefficient (Wildman–Crippen LogP) is 5.85. The van der Waals surface area contributed by atoms with Crippen molar-refractivity contribution < 1.29 is 28.2 Å². The Kier molecular flexibility index (Phi) is 6.65. The minimum absolute atomic E-state index is 0.297. The summed E-state index contributed by atoms with van der Waals surface area (Å²) in [6.07, 6.45) is 0. The first kappa shape index (κ1) is 23.4. The lowest BCUT2D eigenvalue weighted by Gasteiger charge is -2.12. The smallest absolute Gasteiger partial charge is 0.259 e. The van der Waals surface area contributed by atoms with Gasteiger partial charge in [0.2, 0.25) is 11.6 Å². The molecule has 34 heavy (non-hydrogen) atoms. The molecular weight excluding hydrogens is 504 g/mol. The van der Waals surface area contributed by atoms with Crippen LogP contribution in [0.25, 0.3) is 22.6 Å². The third-order valence-corrected chi connectivity index (χ3v) is 5.70. The van der Waals surface area contributed by atoms with Gasteiger partial charge in [0.1, 0.15) is 11.3 Å². The van der Waals surface area contributed by atoms with Crippen molar-refractivity contribution in [2.75, 3.05) is 33.8 Å². The van der Waals surface area contributed by atoms with E-state index in [4.69, 9.17) is 23.4 Å². The number of methoxy groups -OCH3 is 4. The van der Waals surface area contributed by atoms with Crippen LogP contribution in [0.2, 0.25) is 0 Å². The zero-order valence-electron chi connectivity index (χ0n) is 19.3. The SMILES string of the molecule is COc1cc(-c2nc3cc(NC(=O)c4cc(Br)cc(C)c4OC)ccc3o2)cc(OC)c1OC. The fourth-order valence-electron chi connectivity index (χ4n) is 3.70. The van der Waals surface area contributed by atoms with E-state index in [0.29, 0.717) is 56.8 Å². The van der Waals surface area contributed by atoms with E-state index in [1.54, 1.807) is 64.8 Å². The molecule has 0 spiro atoms. The average molecular weight is 527 g/mol. The Balaban J connectivity index is 1.67. The molecule has 4 aromatic rings. The number of rotatable bonds is 7. The number of aromatic nitrogens is 1. The van der Waals surface area contributed by atoms with Gasteiger partial charge in [-0.15, -0.1) is 0 Å². The van der Waals surface area contributed by atoms with E-state index in [1.165, 1.54) is 0 Å². The summed E-state index contributed by atoms with van der Waals surface area (Å²) in [4.78, 5) is 17.6. The highest BCUT2D eigenvalue weighted by molar-refractivity contribution is 9.10. The zero-order valence-corrected chi connectivity index (χ0v) is 20.9. The summed E-state index contributed by atoms with van der Waals surface area (Å²) in [6.45, 7) is 1.88. The number of benzene rings is 3. The number of carbonyl (C=O) groups excluding carboxylic acids is 1. The zero-order chi connectivity index (χ0) is 24.4. The molecule has 0 aliphatic rings. The molecule has 0 aliphatic carbocycles. The summed E-state index contributed by atoms with van der Waals surface area (Å²) < 4.78 is 28.4. The molecule has 1 aromatic heterocycles. The van der Waals surface area contributed by atoms with Crippen molar-refractivity contribution in [2.24, 2.45) is 0 Å². The van der Waals surface area contributed by atoms with Crippen molar-refractivity contribution in [3.05, 3.63) is 58.1 Å². The molecular formula is C25H23BrN2O6. The van der Waals surface area contributed by atoms with Gasteiger partial charge in [0.25, 0.3) is 5.91 Å². The van der Waals surface area contributed by atoms with E-state index in [1.807, 2.05) is 13.0 Å². The van der Waals surface area contributed by atoms with E-state index in [0.717, 1.165) is 10.0 Å². The molecule has 0 saturated heterocycles. The molecule has 0 bridgehead atoms. The van der Waals surface area contributed by atoms with Crippen LogP contribution in [0.1, 0.15) is 15.9 Å². The van der Waals surface area contributed by atoms with Crippen molar-refractivity contribution in [2.45, 2.75) is 6.92 Å². The topological polar surface area (TPSA) is 92.1 Å². The summed E-state index contributed by atoms with van der Waals surface area (Å²) >= 11 is 3.43. The predicted molar refractivity (Wildman–Crippen MR) is 132 cm³/mol. The number of fused-ring (bicyclic) bond motifs is 1. The van der Waals surface area contributed by atoms with Gasteiger partial charge in [-0.2, -0.15) is 0 Å². The Morgan fingerprint density at radius 3 is 2.21 bits per heavy atom. The van der Waals surface area contributed by atoms with Crippen LogP contribution >= 0.6 is 15.9 Å². The normalized spacial score (nSPS) is 10.8. The van der Waals surface area contributed by atoms with Crippen molar-refractivity contribution >= 4 is 38.6 Å². The van der Waals surface area contributed by atoms with E-state index in [9.17, 15) is 4.79 Å². The Morgan fingerprint density at radius 2 is 1.59 bits per heavy atom. The van der Waals surface area contributed by atoms with Gasteiger partial charge < -0.3 is 28.7 Å². The maximum atomic E-state index is 13.0. The number of nitrogens with one attached hydrogen (secondary N) is 1. The first-order chi connectivity index (χ1) is 16.4. The van der Waals surface area contributed by atoms with Gasteiger partial charge in [-0.05, 0) is 55.0 Å². The Hall–Kier alpha value is -3.72. The molecule has 0 atom stereocenters. The van der Waals surface area contributed by atoms with Gasteiger partial charge in [0.15, 0.2) is 17.1 Å². The third kappa shape index (κ3) is 4.38. The first-order valence-electron chi connectivity index (χ1n) is 10.2. The van der Waals surface area contributed by atoms with Crippen molar-refractivity contribution in [3.63, 3.8) is 0 Å². The number of hydrogen-bond donors (Lipinski definition) is 1. The number of hydrogen-bond acceptors (Lipinski definition) is 7. The second-order valence-corrected chi connectivity index (χ2v) is 8.29. The number of anilines is 1. The van der Waals surface area contributed by atoms with Crippen LogP contribution in [-0.2, 0) is 0 Å². The van der Waals surface area contributed by atoms with Gasteiger partial charge in [-0.25, -0.2) is 4.98 Å². The first-order valence-corrected chi connectivity index (χ1v) is 11.0. The van der Waals surface area contributed by atoms with E-state index < -0.39 is 0 Å². The highest BCUT2D eigenvalue weighted by Gasteiger charge is 2.19. The highest BCUT2D eigenvalue weighted by Crippen LogP contribution is 2.41. The fourth-order valence-corrected chi connectivity index (χ4v) is 4.27. The summed E-state index contributed by atoms with van der Waals surface area (Å²) in [5, 5.41) is 2.90. The molecule has 176 valence electrons. The van der Waals surface area contributed by atoms with Crippen LogP contribution in [0.5, 0.6) is 23.0 Å². The lowest BCUT2D eigenvalue weighted by atomic mass is 10.1. The van der Waals surface area contributed by atoms with Crippen LogP contribution in [0, 0.1) is 6.92 Å². The van der Waals surface area contributed by atoms with Crippen molar-refractivity contribution in [1.29, 1.82) is 0 Å². The van der Waals surface area contributed by atoms with Gasteiger partial charge in [-0.3, -0.25) is 4.79 Å². The fraction of sp³-hybridized carbons (Fsp3) is 0.200. The number of aryl methyl sites for hydroxylation is 1. The largest absolute Gasteiger partial charge is 0.496 e. The van der Waals surface area contributed by atoms with Crippen LogP contribution in [0.15, 0.2) is 51.4 Å². The van der Waals surface area contributed by atoms with Crippen molar-refractivity contribution in [1.82, 2.24) is 4.98 Å². The minimum atomic E-state index is -0.297. The number of ether oxygens (including phenoxy) is 4. The van der Waals surface area contributed by atoms with Gasteiger partial charge in [-0.1, -0.05) is 15.9 Å². The molecule has 0 unspecified atom stereocenters. The highest BCUT2D eigenvalue weighted by atomic mass is 79.9. The quantitative estimate of drug-likeness (QED) is 0.322. The summed E-state index contributed by atoms with van der Waals surface area (Å²) in [7, 11) is 6.17. The van der Waals surface area contributed by atoms with Gasteiger partial charge in [0, 0.05) is 15.7 Å². The molecule has 4 rings (SSSR count). The number of halogens is 1. The van der Waals surface area contributed by atoms with Crippen LogP contribution in [-0.4, -0.2) is 39.3 Å². The Morgan fingerprint density at radius 1 is 0.912 bits per heavy atom. The second kappa shape index (κ2) is 9.64. The molecule has 0 fully saturated rings. The monoisotopic (exact) mass is 526 g/mol. The molecule has 3 aromatic carbocycles. The standard InChI is InChI=1S/C25H23BrN2O6/c1-13-8-15(26)11-17(22(13)32-4)24(29)27-16-6-7-19-18(12-16)28-25(34-19)14-9-20(30-2)23(33-5)21(10-14)31-3/h6-12H,1-5H3,(H,27,29). The molecule has 1 heterocycles. The maximum Gasteiger partial charge on any atom is 0.259 e. The number of nitrogens with zero attached hydrogens (tertiary/aromatic N) is 1. The van der Waals surface area contributed by atoms with Gasteiger partial charge >= 0.3 is 0 Å². The van der Waals surface area contributed by atoms with Gasteiger partial charge in [0.05, 0.1) is 34.0 Å². The van der Waals surface area contributed by atoms with E-state index >= 15 is 0 Å². The number of oxazole rings is 1. The number of amides is 1. The van der Waals surface area contributed by atoms with Crippen LogP contribution < -0.4 is 24.3 Å². The second-order valence-electron chi connectivity index (χ2n) is 7.37. The Bertz CT molecular complexity index is 1360. The molecule has 8 nitrogen and oxygen atoms in total. The minimum Gasteiger partial charge on any atom is -0.496 e. The van der Waals surface area contributed by atoms with Crippen LogP contribution in [0.3, 0.4) is 0 Å². The molecule has 9 heteroatoms. The van der Waals surface area contributed by atoms with Crippen molar-refractivity contribution in [3.8, 4) is 34.5 Å². The lowest BCUT2D eigenvalue weighted by Crippen LogP contribution is -2.13. The summed E-state index contributed by atoms with van der Waals surface area (Å²) in [6, 6.07) is 12.4. The van der Waals surface area contributed by atoms with E-state index in [-0.39, 0.29) is 5.91 Å². The molecule has 1 N–H and O–H groups in total. The molecule has 1 amide bonds. The number of carbonyl (C=O) groups is 1. The lowest BCUT2D eigenvalue weighted by molar-refractivity contribution is 0.102. The molecule has 0 radical (unpaired) electrons. The van der Waals surface area contributed by atoms with Crippen LogP contribution in [0.4, 0.5) is 5.69 Å². The summed E-state index contributed by atoms with van der Waals surface area (Å²) in [5.74, 6) is 2.06. The average Bonchev–Trinajstić information content (AvgIpc) is 3.26. The summed E-state index contributed by atoms with van der Waals surface area (Å²) in [5.41, 5.74) is 3.65. The third-order valence-electron chi connectivity index (χ3n) is 5.25. The molecule has 0 aliphatic heterocycles.